The number of Topliss-reactive ketones (excluding diaryl/α,β-unsaturated/α-hetero) is 2. The highest BCUT2D eigenvalue weighted by Crippen LogP contribution is 2.45. The molecule has 4 aliphatic rings. The molecule has 2 heterocycles. The zero-order valence-corrected chi connectivity index (χ0v) is 29.9. The molecule has 0 N–H and O–H groups in total. The van der Waals surface area contributed by atoms with Gasteiger partial charge in [0.25, 0.3) is 0 Å². The highest BCUT2D eigenvalue weighted by Gasteiger charge is 2.47. The maximum Gasteiger partial charge on any atom is 0.209 e. The molecule has 0 radical (unpaired) electrons. The standard InChI is InChI=1S/C44H44N2O4/c1-7-9-22-45-33-20-13-11-18-31(33)43(3,4)35(45)25-29-39(47)37(40(29)48)27-16-15-17-28(24-27)38-41(49)30(42(38)50)26-36-44(5,6)32-19-12-14-21-34(32)46(36)23-10-8-2/h11-21,24-26H,7-10,22-23H2,1-6H3. The maximum atomic E-state index is 13.6. The summed E-state index contributed by atoms with van der Waals surface area (Å²) in [6.07, 6.45) is 7.58. The highest BCUT2D eigenvalue weighted by molar-refractivity contribution is 6.41. The smallest absolute Gasteiger partial charge is 0.209 e. The second kappa shape index (κ2) is 12.3. The van der Waals surface area contributed by atoms with Crippen LogP contribution in [0.15, 0.2) is 108 Å². The Kier molecular flexibility index (Phi) is 8.25. The van der Waals surface area contributed by atoms with Crippen LogP contribution in [0.3, 0.4) is 0 Å². The van der Waals surface area contributed by atoms with Crippen molar-refractivity contribution in [1.82, 2.24) is 0 Å². The number of unbranched alkanes of at least 4 members (excludes halogenated alkanes) is 2. The van der Waals surface area contributed by atoms with Crippen LogP contribution in [0, 0.1) is 0 Å². The molecule has 50 heavy (non-hydrogen) atoms. The van der Waals surface area contributed by atoms with E-state index in [0.29, 0.717) is 11.1 Å². The topological polar surface area (TPSA) is 86.3 Å². The van der Waals surface area contributed by atoms with Gasteiger partial charge in [-0.05, 0) is 44.9 Å². The summed E-state index contributed by atoms with van der Waals surface area (Å²) in [6, 6.07) is 23.3. The number of hydrogen-bond donors (Lipinski definition) is 0. The van der Waals surface area contributed by atoms with E-state index in [1.807, 2.05) is 24.3 Å². The van der Waals surface area contributed by atoms with Crippen molar-refractivity contribution in [1.29, 1.82) is 0 Å². The van der Waals surface area contributed by atoms with Crippen LogP contribution in [-0.4, -0.2) is 45.2 Å². The number of rotatable bonds is 10. The number of carbonyl (C=O) groups is 2. The number of para-hydroxylation sites is 2. The van der Waals surface area contributed by atoms with Gasteiger partial charge in [-0.15, -0.1) is 0 Å². The third kappa shape index (κ3) is 4.99. The Labute approximate surface area is 294 Å². The number of hydrogen-bond acceptors (Lipinski definition) is 4. The SMILES string of the molecule is CCCC[N+]1=C(/C=C2\C(=O)C(c3cccc(C4=C([O-])/C(=C/C5=[N+](CCCC)c6ccccc6C5(C)C)C4=O)c3)=C2[O-])C(C)(C)c2ccccc21. The quantitative estimate of drug-likeness (QED) is 0.181. The first-order valence-electron chi connectivity index (χ1n) is 17.9. The van der Waals surface area contributed by atoms with Gasteiger partial charge >= 0.3 is 0 Å². The summed E-state index contributed by atoms with van der Waals surface area (Å²) in [7, 11) is 0. The van der Waals surface area contributed by atoms with Gasteiger partial charge in [0.2, 0.25) is 11.4 Å². The predicted octanol–water partition coefficient (Wildman–Crippen LogP) is 6.60. The minimum atomic E-state index is -0.373. The fraction of sp³-hybridized carbons (Fsp3) is 0.318. The van der Waals surface area contributed by atoms with Crippen LogP contribution in [-0.2, 0) is 20.4 Å². The molecule has 0 fully saturated rings. The molecule has 6 heteroatoms. The second-order valence-corrected chi connectivity index (χ2v) is 14.8. The van der Waals surface area contributed by atoms with Crippen LogP contribution < -0.4 is 10.2 Å². The number of benzene rings is 3. The second-order valence-electron chi connectivity index (χ2n) is 14.8. The van der Waals surface area contributed by atoms with Gasteiger partial charge in [-0.3, -0.25) is 9.59 Å². The van der Waals surface area contributed by atoms with Crippen LogP contribution >= 0.6 is 0 Å². The normalized spacial score (nSPS) is 20.6. The number of ketones is 2. The molecule has 2 aliphatic heterocycles. The Morgan fingerprint density at radius 3 is 1.38 bits per heavy atom. The maximum absolute atomic E-state index is 13.6. The molecule has 6 nitrogen and oxygen atoms in total. The van der Waals surface area contributed by atoms with E-state index in [4.69, 9.17) is 0 Å². The number of nitrogens with zero attached hydrogens (tertiary/aromatic N) is 2. The summed E-state index contributed by atoms with van der Waals surface area (Å²) in [5, 5.41) is 27.3. The lowest BCUT2D eigenvalue weighted by Gasteiger charge is -2.33. The first-order valence-corrected chi connectivity index (χ1v) is 17.9. The van der Waals surface area contributed by atoms with Crippen molar-refractivity contribution in [3.63, 3.8) is 0 Å². The lowest BCUT2D eigenvalue weighted by atomic mass is 9.76. The van der Waals surface area contributed by atoms with Crippen molar-refractivity contribution in [3.8, 4) is 0 Å². The van der Waals surface area contributed by atoms with Gasteiger partial charge in [-0.2, -0.15) is 9.15 Å². The Bertz CT molecular complexity index is 2030. The van der Waals surface area contributed by atoms with Gasteiger partial charge in [-0.1, -0.05) is 92.8 Å². The molecule has 7 rings (SSSR count). The zero-order chi connectivity index (χ0) is 35.5. The largest absolute Gasteiger partial charge is 0.871 e. The summed E-state index contributed by atoms with van der Waals surface area (Å²) >= 11 is 0. The third-order valence-electron chi connectivity index (χ3n) is 11.0. The lowest BCUT2D eigenvalue weighted by molar-refractivity contribution is -0.438. The van der Waals surface area contributed by atoms with Crippen LogP contribution in [0.4, 0.5) is 11.4 Å². The van der Waals surface area contributed by atoms with E-state index in [1.165, 1.54) is 11.1 Å². The summed E-state index contributed by atoms with van der Waals surface area (Å²) in [5.74, 6) is -1.26. The van der Waals surface area contributed by atoms with Gasteiger partial charge in [0.05, 0.1) is 10.8 Å². The molecule has 3 aromatic carbocycles. The Hall–Kier alpha value is -5.10. The monoisotopic (exact) mass is 664 g/mol. The van der Waals surface area contributed by atoms with Crippen molar-refractivity contribution in [2.75, 3.05) is 13.1 Å². The highest BCUT2D eigenvalue weighted by atomic mass is 16.3. The van der Waals surface area contributed by atoms with Crippen LogP contribution in [0.2, 0.25) is 0 Å². The van der Waals surface area contributed by atoms with Crippen molar-refractivity contribution in [2.24, 2.45) is 0 Å². The zero-order valence-electron chi connectivity index (χ0n) is 29.9. The molecule has 2 aliphatic carbocycles. The molecule has 0 atom stereocenters. The number of carbonyl (C=O) groups excluding carboxylic acids is 2. The molecule has 0 aromatic heterocycles. The Morgan fingerprint density at radius 1 is 0.600 bits per heavy atom. The lowest BCUT2D eigenvalue weighted by Crippen LogP contribution is -2.34. The van der Waals surface area contributed by atoms with E-state index in [-0.39, 0.29) is 56.2 Å². The van der Waals surface area contributed by atoms with Gasteiger partial charge in [0.1, 0.15) is 13.1 Å². The van der Waals surface area contributed by atoms with E-state index >= 15 is 0 Å². The average Bonchev–Trinajstić information content (AvgIpc) is 3.45. The fourth-order valence-corrected chi connectivity index (χ4v) is 8.03. The Balaban J connectivity index is 1.22. The number of fused-ring (bicyclic) bond motifs is 2. The first-order chi connectivity index (χ1) is 23.9. The molecule has 254 valence electrons. The van der Waals surface area contributed by atoms with Crippen molar-refractivity contribution >= 4 is 45.5 Å². The molecule has 0 bridgehead atoms. The molecule has 0 amide bonds. The van der Waals surface area contributed by atoms with E-state index in [2.05, 4.69) is 75.0 Å². The molecular formula is C44H44N2O4. The summed E-state index contributed by atoms with van der Waals surface area (Å²) in [5.41, 5.74) is 7.08. The molecular weight excluding hydrogens is 620 g/mol. The molecule has 0 saturated heterocycles. The predicted molar refractivity (Wildman–Crippen MR) is 195 cm³/mol. The third-order valence-corrected chi connectivity index (χ3v) is 11.0. The molecule has 3 aromatic rings. The van der Waals surface area contributed by atoms with Crippen LogP contribution in [0.1, 0.15) is 89.5 Å². The van der Waals surface area contributed by atoms with Gasteiger partial charge in [0.15, 0.2) is 23.0 Å². The summed E-state index contributed by atoms with van der Waals surface area (Å²) in [6.45, 7) is 14.4. The van der Waals surface area contributed by atoms with E-state index < -0.39 is 0 Å². The summed E-state index contributed by atoms with van der Waals surface area (Å²) < 4.78 is 4.49. The van der Waals surface area contributed by atoms with E-state index in [9.17, 15) is 19.8 Å². The van der Waals surface area contributed by atoms with Crippen molar-refractivity contribution < 1.29 is 29.0 Å². The fourth-order valence-electron chi connectivity index (χ4n) is 8.03. The minimum Gasteiger partial charge on any atom is -0.871 e. The average molecular weight is 665 g/mol. The van der Waals surface area contributed by atoms with Gasteiger partial charge in [0, 0.05) is 70.5 Å². The molecule has 0 unspecified atom stereocenters. The Morgan fingerprint density at radius 2 is 1.00 bits per heavy atom. The van der Waals surface area contributed by atoms with Gasteiger partial charge in [-0.25, -0.2) is 0 Å². The number of allylic oxidation sites excluding steroid dienone is 6. The van der Waals surface area contributed by atoms with Crippen molar-refractivity contribution in [3.05, 3.63) is 130 Å². The van der Waals surface area contributed by atoms with E-state index in [0.717, 1.165) is 61.6 Å². The van der Waals surface area contributed by atoms with Crippen LogP contribution in [0.5, 0.6) is 0 Å². The van der Waals surface area contributed by atoms with E-state index in [1.54, 1.807) is 36.4 Å². The van der Waals surface area contributed by atoms with Gasteiger partial charge < -0.3 is 10.2 Å². The minimum absolute atomic E-state index is 0.0929. The first kappa shape index (κ1) is 33.4. The van der Waals surface area contributed by atoms with Crippen LogP contribution in [0.25, 0.3) is 11.1 Å². The molecule has 0 saturated carbocycles. The molecule has 0 spiro atoms. The summed E-state index contributed by atoms with van der Waals surface area (Å²) in [4.78, 5) is 27.3. The van der Waals surface area contributed by atoms with Crippen molar-refractivity contribution in [2.45, 2.75) is 78.1 Å².